The average molecular weight is 768 g/mol. The van der Waals surface area contributed by atoms with Crippen LogP contribution in [0, 0.1) is 23.2 Å². The van der Waals surface area contributed by atoms with Crippen molar-refractivity contribution in [1.29, 1.82) is 0 Å². The number of para-hydroxylation sites is 1. The van der Waals surface area contributed by atoms with Crippen molar-refractivity contribution in [3.05, 3.63) is 174 Å². The zero-order valence-electron chi connectivity index (χ0n) is 35.6. The van der Waals surface area contributed by atoms with Crippen molar-refractivity contribution in [3.8, 4) is 22.3 Å². The number of furan rings is 1. The molecule has 0 spiro atoms. The molecule has 3 aliphatic carbocycles. The molecular weight excluding hydrogens is 715 g/mol. The quantitative estimate of drug-likeness (QED) is 0.166. The number of hydrogen-bond acceptors (Lipinski definition) is 2. The maximum Gasteiger partial charge on any atom is 0.137 e. The largest absolute Gasteiger partial charge is 0.456 e. The third kappa shape index (κ3) is 5.18. The summed E-state index contributed by atoms with van der Waals surface area (Å²) in [6.07, 6.45) is 2.75. The number of fused-ring (bicyclic) bond motifs is 6. The number of allylic oxidation sites excluding steroid dienone is 2. The Bertz CT molecular complexity index is 3030. The van der Waals surface area contributed by atoms with Crippen LogP contribution in [0.4, 0.5) is 17.1 Å². The van der Waals surface area contributed by atoms with Gasteiger partial charge in [0.25, 0.3) is 0 Å². The molecule has 4 atom stereocenters. The number of nitrogens with zero attached hydrogens (tertiary/aromatic N) is 1. The Hall–Kier alpha value is -5.86. The third-order valence-corrected chi connectivity index (χ3v) is 14.9. The van der Waals surface area contributed by atoms with Gasteiger partial charge in [0.1, 0.15) is 11.2 Å². The fourth-order valence-corrected chi connectivity index (χ4v) is 12.4. The van der Waals surface area contributed by atoms with E-state index in [4.69, 9.17) is 4.42 Å². The highest BCUT2D eigenvalue weighted by molar-refractivity contribution is 6.06. The van der Waals surface area contributed by atoms with Gasteiger partial charge in [-0.25, -0.2) is 0 Å². The van der Waals surface area contributed by atoms with Gasteiger partial charge >= 0.3 is 0 Å². The summed E-state index contributed by atoms with van der Waals surface area (Å²) in [6, 6.07) is 54.1. The van der Waals surface area contributed by atoms with Crippen molar-refractivity contribution >= 4 is 49.8 Å². The molecule has 1 aromatic heterocycles. The van der Waals surface area contributed by atoms with E-state index in [2.05, 4.69) is 212 Å². The van der Waals surface area contributed by atoms with Gasteiger partial charge in [-0.1, -0.05) is 170 Å². The lowest BCUT2D eigenvalue weighted by atomic mass is 9.54. The molecule has 0 N–H and O–H groups in total. The van der Waals surface area contributed by atoms with Gasteiger partial charge in [-0.05, 0) is 120 Å². The minimum absolute atomic E-state index is 0.0275. The van der Waals surface area contributed by atoms with Crippen LogP contribution in [-0.2, 0) is 10.8 Å². The molecule has 0 radical (unpaired) electrons. The zero-order valence-corrected chi connectivity index (χ0v) is 35.6. The van der Waals surface area contributed by atoms with Crippen molar-refractivity contribution in [2.45, 2.75) is 72.1 Å². The van der Waals surface area contributed by atoms with Crippen LogP contribution in [0.2, 0.25) is 0 Å². The molecule has 0 amide bonds. The highest BCUT2D eigenvalue weighted by Crippen LogP contribution is 2.68. The summed E-state index contributed by atoms with van der Waals surface area (Å²) in [7, 11) is 0. The van der Waals surface area contributed by atoms with Crippen molar-refractivity contribution < 1.29 is 4.42 Å². The number of anilines is 3. The topological polar surface area (TPSA) is 16.4 Å². The molecule has 4 unspecified atom stereocenters. The van der Waals surface area contributed by atoms with E-state index in [1.54, 1.807) is 11.1 Å². The van der Waals surface area contributed by atoms with E-state index in [0.29, 0.717) is 23.7 Å². The van der Waals surface area contributed by atoms with Crippen LogP contribution in [0.25, 0.3) is 55.0 Å². The number of benzene rings is 7. The molecular formula is C57H53NO. The number of hydrogen-bond donors (Lipinski definition) is 0. The van der Waals surface area contributed by atoms with Crippen molar-refractivity contribution in [2.75, 3.05) is 4.90 Å². The molecule has 2 nitrogen and oxygen atoms in total. The first-order valence-corrected chi connectivity index (χ1v) is 21.6. The number of rotatable bonds is 4. The molecule has 0 saturated carbocycles. The molecule has 11 rings (SSSR count). The van der Waals surface area contributed by atoms with Gasteiger partial charge in [-0.15, -0.1) is 0 Å². The van der Waals surface area contributed by atoms with Crippen LogP contribution in [0.3, 0.4) is 0 Å². The van der Waals surface area contributed by atoms with E-state index in [0.717, 1.165) is 33.3 Å². The van der Waals surface area contributed by atoms with Crippen LogP contribution in [0.5, 0.6) is 0 Å². The summed E-state index contributed by atoms with van der Waals surface area (Å²) in [5, 5.41) is 4.78. The van der Waals surface area contributed by atoms with Crippen LogP contribution >= 0.6 is 0 Å². The second-order valence-corrected chi connectivity index (χ2v) is 19.8. The first-order chi connectivity index (χ1) is 28.3. The van der Waals surface area contributed by atoms with E-state index in [9.17, 15) is 0 Å². The lowest BCUT2D eigenvalue weighted by Gasteiger charge is -2.50. The van der Waals surface area contributed by atoms with E-state index in [1.165, 1.54) is 49.8 Å². The standard InChI is InChI=1S/C57H53NO/c1-34-46(55(2,3)4)33-47-53-52-43(24-15-25-45(52)57(7,8)54(34)53)51-44(56(47,5)6)26-16-27-48(51)58(38-29-30-42-41-22-11-12-28-49(41)59-50(42)32-38)37-20-13-19-36(31-37)40-23-14-18-35-17-9-10-21-39(35)40/h9-34,47,53-54H,1-8H3. The summed E-state index contributed by atoms with van der Waals surface area (Å²) in [5.41, 5.74) is 16.5. The fourth-order valence-electron chi connectivity index (χ4n) is 12.4. The molecule has 2 heteroatoms. The summed E-state index contributed by atoms with van der Waals surface area (Å²) in [5.74, 6) is 1.75. The monoisotopic (exact) mass is 767 g/mol. The predicted octanol–water partition coefficient (Wildman–Crippen LogP) is 16.1. The maximum absolute atomic E-state index is 6.60. The molecule has 292 valence electrons. The summed E-state index contributed by atoms with van der Waals surface area (Å²) >= 11 is 0. The van der Waals surface area contributed by atoms with E-state index in [1.807, 2.05) is 0 Å². The second kappa shape index (κ2) is 12.6. The van der Waals surface area contributed by atoms with Gasteiger partial charge < -0.3 is 9.32 Å². The maximum atomic E-state index is 6.60. The van der Waals surface area contributed by atoms with Crippen molar-refractivity contribution in [1.82, 2.24) is 0 Å². The molecule has 1 heterocycles. The van der Waals surface area contributed by atoms with Crippen molar-refractivity contribution in [3.63, 3.8) is 0 Å². The first-order valence-electron chi connectivity index (χ1n) is 21.6. The molecule has 59 heavy (non-hydrogen) atoms. The average Bonchev–Trinajstić information content (AvgIpc) is 3.69. The first kappa shape index (κ1) is 36.2. The molecule has 0 bridgehead atoms. The van der Waals surface area contributed by atoms with E-state index >= 15 is 0 Å². The van der Waals surface area contributed by atoms with Crippen LogP contribution in [0.15, 0.2) is 162 Å². The normalized spacial score (nSPS) is 21.3. The van der Waals surface area contributed by atoms with E-state index < -0.39 is 0 Å². The Morgan fingerprint density at radius 2 is 1.24 bits per heavy atom. The Labute approximate surface area is 349 Å². The Morgan fingerprint density at radius 3 is 2.07 bits per heavy atom. The minimum Gasteiger partial charge on any atom is -0.456 e. The fraction of sp³-hybridized carbons (Fsp3) is 0.263. The SMILES string of the molecule is CC1C(C(C)(C)C)=CC2C3c4c(cccc4C(C)(C)C13)-c1c(N(c3cccc(-c4cccc5ccccc45)c3)c3ccc4c(c3)oc3ccccc34)cccc1C2(C)C. The lowest BCUT2D eigenvalue weighted by Crippen LogP contribution is -2.44. The van der Waals surface area contributed by atoms with Gasteiger partial charge in [-0.2, -0.15) is 0 Å². The summed E-state index contributed by atoms with van der Waals surface area (Å²) in [6.45, 7) is 19.9. The van der Waals surface area contributed by atoms with Gasteiger partial charge in [0, 0.05) is 33.8 Å². The Kier molecular flexibility index (Phi) is 7.72. The predicted molar refractivity (Wildman–Crippen MR) is 249 cm³/mol. The molecule has 7 aromatic carbocycles. The van der Waals surface area contributed by atoms with Crippen LogP contribution in [-0.4, -0.2) is 0 Å². The zero-order chi connectivity index (χ0) is 40.6. The molecule has 0 saturated heterocycles. The molecule has 8 aromatic rings. The van der Waals surface area contributed by atoms with E-state index in [-0.39, 0.29) is 16.2 Å². The highest BCUT2D eigenvalue weighted by atomic mass is 16.3. The van der Waals surface area contributed by atoms with Gasteiger partial charge in [-0.3, -0.25) is 0 Å². The van der Waals surface area contributed by atoms with Gasteiger partial charge in [0.05, 0.1) is 5.69 Å². The smallest absolute Gasteiger partial charge is 0.137 e. The lowest BCUT2D eigenvalue weighted by molar-refractivity contribution is 0.144. The minimum atomic E-state index is -0.152. The second-order valence-electron chi connectivity index (χ2n) is 19.8. The van der Waals surface area contributed by atoms with Crippen molar-refractivity contribution in [2.24, 2.45) is 23.2 Å². The Morgan fingerprint density at radius 1 is 0.576 bits per heavy atom. The molecule has 0 aliphatic heterocycles. The van der Waals surface area contributed by atoms with Gasteiger partial charge in [0.15, 0.2) is 0 Å². The Balaban J connectivity index is 1.21. The third-order valence-electron chi connectivity index (χ3n) is 14.9. The van der Waals surface area contributed by atoms with Crippen LogP contribution < -0.4 is 4.90 Å². The summed E-state index contributed by atoms with van der Waals surface area (Å²) < 4.78 is 6.60. The van der Waals surface area contributed by atoms with Gasteiger partial charge in [0.2, 0.25) is 0 Å². The van der Waals surface area contributed by atoms with Crippen LogP contribution in [0.1, 0.15) is 78.0 Å². The molecule has 0 fully saturated rings. The molecule has 3 aliphatic rings. The summed E-state index contributed by atoms with van der Waals surface area (Å²) in [4.78, 5) is 2.52. The highest BCUT2D eigenvalue weighted by Gasteiger charge is 2.59.